The van der Waals surface area contributed by atoms with E-state index in [0.717, 1.165) is 5.56 Å². The van der Waals surface area contributed by atoms with Crippen LogP contribution in [-0.2, 0) is 4.74 Å². The summed E-state index contributed by atoms with van der Waals surface area (Å²) in [6, 6.07) is 8.80. The van der Waals surface area contributed by atoms with Crippen LogP contribution in [0.3, 0.4) is 0 Å². The lowest BCUT2D eigenvalue weighted by Gasteiger charge is -2.26. The molecule has 10 heteroatoms. The smallest absolute Gasteiger partial charge is 0.439 e. The van der Waals surface area contributed by atoms with Crippen molar-refractivity contribution < 1.29 is 14.0 Å². The number of halogens is 2. The Labute approximate surface area is 169 Å². The molecule has 0 unspecified atom stereocenters. The topological polar surface area (TPSA) is 102 Å². The lowest BCUT2D eigenvalue weighted by atomic mass is 10.0. The first-order valence-electron chi connectivity index (χ1n) is 8.57. The van der Waals surface area contributed by atoms with E-state index in [1.54, 1.807) is 30.5 Å². The van der Waals surface area contributed by atoms with Crippen LogP contribution in [0.15, 0.2) is 45.8 Å². The van der Waals surface area contributed by atoms with Crippen LogP contribution in [0.5, 0.6) is 5.88 Å². The molecule has 28 heavy (non-hydrogen) atoms. The molecule has 146 valence electrons. The Balaban J connectivity index is 1.66. The standard InChI is InChI=1S/C18H16Cl2N4O4/c19-12-4-3-10(8-13(12)20)15-14(9-21-6-7-26-15)27-17-11(2-1-5-22-17)16-23-18(25)28-24-16/h1-5,8,14-15,21H,6-7,9H2,(H,23,24,25)/t14-,15+/m0/s1. The van der Waals surface area contributed by atoms with Gasteiger partial charge in [-0.2, -0.15) is 0 Å². The van der Waals surface area contributed by atoms with E-state index < -0.39 is 18.0 Å². The molecule has 0 spiro atoms. The normalized spacial score (nSPS) is 19.9. The number of ether oxygens (including phenoxy) is 2. The van der Waals surface area contributed by atoms with Crippen molar-refractivity contribution in [2.45, 2.75) is 12.2 Å². The SMILES string of the molecule is O=c1[nH]c(-c2cccnc2O[C@H]2CNCCO[C@@H]2c2ccc(Cl)c(Cl)c2)no1. The van der Waals surface area contributed by atoms with Gasteiger partial charge in [0.05, 0.1) is 22.2 Å². The number of hydrogen-bond donors (Lipinski definition) is 2. The minimum atomic E-state index is -0.655. The maximum Gasteiger partial charge on any atom is 0.439 e. The summed E-state index contributed by atoms with van der Waals surface area (Å²) in [6.07, 6.45) is 0.791. The number of aromatic amines is 1. The maximum atomic E-state index is 11.3. The van der Waals surface area contributed by atoms with Gasteiger partial charge < -0.3 is 14.8 Å². The van der Waals surface area contributed by atoms with E-state index in [-0.39, 0.29) is 5.82 Å². The molecule has 2 atom stereocenters. The van der Waals surface area contributed by atoms with Crippen LogP contribution in [0.25, 0.3) is 11.4 Å². The number of H-pyrrole nitrogens is 1. The van der Waals surface area contributed by atoms with E-state index >= 15 is 0 Å². The number of rotatable bonds is 4. The van der Waals surface area contributed by atoms with Gasteiger partial charge in [-0.3, -0.25) is 9.51 Å². The molecule has 8 nitrogen and oxygen atoms in total. The maximum absolute atomic E-state index is 11.3. The number of aromatic nitrogens is 3. The fourth-order valence-corrected chi connectivity index (χ4v) is 3.28. The van der Waals surface area contributed by atoms with Crippen LogP contribution >= 0.6 is 23.2 Å². The van der Waals surface area contributed by atoms with Gasteiger partial charge in [0.1, 0.15) is 12.2 Å². The zero-order valence-electron chi connectivity index (χ0n) is 14.5. The highest BCUT2D eigenvalue weighted by atomic mass is 35.5. The third-order valence-electron chi connectivity index (χ3n) is 4.26. The number of pyridine rings is 1. The predicted molar refractivity (Wildman–Crippen MR) is 103 cm³/mol. The lowest BCUT2D eigenvalue weighted by molar-refractivity contribution is -0.00981. The third-order valence-corrected chi connectivity index (χ3v) is 5.00. The van der Waals surface area contributed by atoms with Crippen molar-refractivity contribution in [1.82, 2.24) is 20.4 Å². The van der Waals surface area contributed by atoms with Crippen LogP contribution in [0.2, 0.25) is 10.0 Å². The third kappa shape index (κ3) is 4.05. The second-order valence-electron chi connectivity index (χ2n) is 6.13. The van der Waals surface area contributed by atoms with Crippen LogP contribution in [0, 0.1) is 0 Å². The molecular formula is C18H16Cl2N4O4. The first kappa shape index (κ1) is 18.9. The number of nitrogens with zero attached hydrogens (tertiary/aromatic N) is 2. The van der Waals surface area contributed by atoms with Gasteiger partial charge in [0.15, 0.2) is 5.82 Å². The van der Waals surface area contributed by atoms with E-state index in [1.165, 1.54) is 0 Å². The quantitative estimate of drug-likeness (QED) is 0.665. The van der Waals surface area contributed by atoms with E-state index in [0.29, 0.717) is 41.2 Å². The van der Waals surface area contributed by atoms with Crippen molar-refractivity contribution in [2.24, 2.45) is 0 Å². The van der Waals surface area contributed by atoms with Gasteiger partial charge in [-0.05, 0) is 29.8 Å². The van der Waals surface area contributed by atoms with Gasteiger partial charge >= 0.3 is 5.76 Å². The van der Waals surface area contributed by atoms with Crippen molar-refractivity contribution in [3.05, 3.63) is 62.7 Å². The highest BCUT2D eigenvalue weighted by Crippen LogP contribution is 2.33. The van der Waals surface area contributed by atoms with Crippen LogP contribution in [0.1, 0.15) is 11.7 Å². The Morgan fingerprint density at radius 1 is 1.21 bits per heavy atom. The molecule has 1 saturated heterocycles. The summed E-state index contributed by atoms with van der Waals surface area (Å²) < 4.78 is 16.8. The molecule has 1 aliphatic heterocycles. The van der Waals surface area contributed by atoms with Gasteiger partial charge in [-0.25, -0.2) is 9.78 Å². The van der Waals surface area contributed by atoms with E-state index in [9.17, 15) is 4.79 Å². The number of hydrogen-bond acceptors (Lipinski definition) is 7. The minimum absolute atomic E-state index is 0.238. The molecule has 3 aromatic rings. The molecule has 0 saturated carbocycles. The fraction of sp³-hybridized carbons (Fsp3) is 0.278. The molecule has 3 heterocycles. The molecule has 0 bridgehead atoms. The molecule has 4 rings (SSSR count). The van der Waals surface area contributed by atoms with Gasteiger partial charge in [-0.15, -0.1) is 0 Å². The van der Waals surface area contributed by atoms with Crippen molar-refractivity contribution in [3.63, 3.8) is 0 Å². The molecule has 0 amide bonds. The van der Waals surface area contributed by atoms with E-state index in [1.807, 2.05) is 6.07 Å². The zero-order valence-corrected chi connectivity index (χ0v) is 16.0. The second-order valence-corrected chi connectivity index (χ2v) is 6.94. The largest absolute Gasteiger partial charge is 0.469 e. The van der Waals surface area contributed by atoms with Crippen molar-refractivity contribution >= 4 is 23.2 Å². The van der Waals surface area contributed by atoms with Crippen LogP contribution in [0.4, 0.5) is 0 Å². The Morgan fingerprint density at radius 2 is 2.11 bits per heavy atom. The average Bonchev–Trinajstić information content (AvgIpc) is 2.99. The molecule has 1 fully saturated rings. The van der Waals surface area contributed by atoms with Gasteiger partial charge in [0.2, 0.25) is 5.88 Å². The minimum Gasteiger partial charge on any atom is -0.469 e. The molecule has 2 N–H and O–H groups in total. The summed E-state index contributed by atoms with van der Waals surface area (Å²) in [5.41, 5.74) is 1.35. The van der Waals surface area contributed by atoms with Crippen molar-refractivity contribution in [3.8, 4) is 17.3 Å². The summed E-state index contributed by atoms with van der Waals surface area (Å²) in [5, 5.41) is 7.90. The van der Waals surface area contributed by atoms with Gasteiger partial charge in [-0.1, -0.05) is 34.4 Å². The summed E-state index contributed by atoms with van der Waals surface area (Å²) in [7, 11) is 0. The van der Waals surface area contributed by atoms with Crippen LogP contribution in [-0.4, -0.2) is 40.9 Å². The summed E-state index contributed by atoms with van der Waals surface area (Å²) in [5.74, 6) is -0.117. The highest BCUT2D eigenvalue weighted by Gasteiger charge is 2.30. The second kappa shape index (κ2) is 8.32. The Hall–Kier alpha value is -2.39. The predicted octanol–water partition coefficient (Wildman–Crippen LogP) is 2.84. The molecule has 2 aromatic heterocycles. The Morgan fingerprint density at radius 3 is 2.89 bits per heavy atom. The van der Waals surface area contributed by atoms with Crippen molar-refractivity contribution in [1.29, 1.82) is 0 Å². The van der Waals surface area contributed by atoms with E-state index in [4.69, 9.17) is 32.7 Å². The van der Waals surface area contributed by atoms with Gasteiger partial charge in [0, 0.05) is 19.3 Å². The van der Waals surface area contributed by atoms with Crippen LogP contribution < -0.4 is 15.8 Å². The average molecular weight is 423 g/mol. The lowest BCUT2D eigenvalue weighted by Crippen LogP contribution is -2.34. The summed E-state index contributed by atoms with van der Waals surface area (Å²) in [4.78, 5) is 18.1. The fourth-order valence-electron chi connectivity index (χ4n) is 2.97. The number of benzene rings is 1. The molecule has 0 radical (unpaired) electrons. The zero-order chi connectivity index (χ0) is 19.5. The van der Waals surface area contributed by atoms with Crippen molar-refractivity contribution in [2.75, 3.05) is 19.7 Å². The molecule has 1 aliphatic rings. The molecule has 0 aliphatic carbocycles. The first-order chi connectivity index (χ1) is 13.6. The summed E-state index contributed by atoms with van der Waals surface area (Å²) >= 11 is 12.2. The highest BCUT2D eigenvalue weighted by molar-refractivity contribution is 6.42. The molecule has 1 aromatic carbocycles. The Bertz CT molecular complexity index is 1020. The summed E-state index contributed by atoms with van der Waals surface area (Å²) in [6.45, 7) is 1.72. The Kier molecular flexibility index (Phi) is 5.63. The monoisotopic (exact) mass is 422 g/mol. The molecular weight excluding hydrogens is 407 g/mol. The van der Waals surface area contributed by atoms with E-state index in [2.05, 4.69) is 25.0 Å². The van der Waals surface area contributed by atoms with Gasteiger partial charge in [0.25, 0.3) is 0 Å². The number of nitrogens with one attached hydrogen (secondary N) is 2. The first-order valence-corrected chi connectivity index (χ1v) is 9.33.